The number of nitrogens with one attached hydrogen (secondary N) is 2. The van der Waals surface area contributed by atoms with Crippen molar-refractivity contribution < 1.29 is 13.2 Å². The molecule has 0 saturated carbocycles. The second-order valence-corrected chi connectivity index (χ2v) is 9.50. The van der Waals surface area contributed by atoms with Crippen LogP contribution in [0.15, 0.2) is 40.8 Å². The first-order valence-electron chi connectivity index (χ1n) is 10.00. The quantitative estimate of drug-likeness (QED) is 0.650. The summed E-state index contributed by atoms with van der Waals surface area (Å²) in [4.78, 5) is 15.1. The summed E-state index contributed by atoms with van der Waals surface area (Å²) >= 11 is 0. The van der Waals surface area contributed by atoms with Gasteiger partial charge in [0.25, 0.3) is 5.91 Å². The minimum Gasteiger partial charge on any atom is -0.349 e. The lowest BCUT2D eigenvalue weighted by Gasteiger charge is -2.31. The molecule has 1 amide bonds. The van der Waals surface area contributed by atoms with Gasteiger partial charge in [-0.3, -0.25) is 9.69 Å². The van der Waals surface area contributed by atoms with Crippen molar-refractivity contribution in [3.63, 3.8) is 0 Å². The lowest BCUT2D eigenvalue weighted by Crippen LogP contribution is -2.44. The molecule has 0 aromatic heterocycles. The number of rotatable bonds is 8. The standard InChI is InChI=1S/C21H33N3O3S/c1-5-17(4)23-28(26,27)20-8-6-18(7-9-20)21(25)22-19-11-14-24(15-12-19)13-10-16(2)3/h6-10,17,19,23H,5,11-15H2,1-4H3,(H,22,25). The minimum absolute atomic E-state index is 0.129. The molecule has 1 fully saturated rings. The summed E-state index contributed by atoms with van der Waals surface area (Å²) in [6, 6.07) is 6.15. The van der Waals surface area contributed by atoms with E-state index >= 15 is 0 Å². The van der Waals surface area contributed by atoms with Gasteiger partial charge in [0, 0.05) is 37.3 Å². The molecule has 6 nitrogen and oxygen atoms in total. The summed E-state index contributed by atoms with van der Waals surface area (Å²) in [7, 11) is -3.55. The van der Waals surface area contributed by atoms with E-state index in [4.69, 9.17) is 0 Å². The summed E-state index contributed by atoms with van der Waals surface area (Å²) in [6.45, 7) is 10.8. The molecule has 0 aliphatic carbocycles. The Morgan fingerprint density at radius 1 is 1.21 bits per heavy atom. The van der Waals surface area contributed by atoms with Crippen molar-refractivity contribution in [3.8, 4) is 0 Å². The molecule has 1 aliphatic heterocycles. The molecule has 1 unspecified atom stereocenters. The number of amides is 1. The van der Waals surface area contributed by atoms with Gasteiger partial charge in [-0.05, 0) is 64.3 Å². The van der Waals surface area contributed by atoms with Crippen LogP contribution in [0.1, 0.15) is 57.3 Å². The molecule has 1 aliphatic rings. The molecule has 1 heterocycles. The van der Waals surface area contributed by atoms with Gasteiger partial charge in [-0.25, -0.2) is 13.1 Å². The number of allylic oxidation sites excluding steroid dienone is 1. The van der Waals surface area contributed by atoms with Crippen LogP contribution in [0.3, 0.4) is 0 Å². The average Bonchev–Trinajstić information content (AvgIpc) is 2.67. The molecule has 7 heteroatoms. The van der Waals surface area contributed by atoms with Crippen LogP contribution in [0.4, 0.5) is 0 Å². The maximum Gasteiger partial charge on any atom is 0.251 e. The number of nitrogens with zero attached hydrogens (tertiary/aromatic N) is 1. The SMILES string of the molecule is CCC(C)NS(=O)(=O)c1ccc(C(=O)NC2CCN(CC=C(C)C)CC2)cc1. The Bertz CT molecular complexity index is 776. The first-order valence-corrected chi connectivity index (χ1v) is 11.5. The maximum absolute atomic E-state index is 12.5. The Hall–Kier alpha value is -1.70. The number of sulfonamides is 1. The third kappa shape index (κ3) is 6.72. The summed E-state index contributed by atoms with van der Waals surface area (Å²) in [5.74, 6) is -0.151. The fraction of sp³-hybridized carbons (Fsp3) is 0.571. The van der Waals surface area contributed by atoms with Crippen LogP contribution in [0.2, 0.25) is 0 Å². The van der Waals surface area contributed by atoms with Gasteiger partial charge in [-0.15, -0.1) is 0 Å². The summed E-state index contributed by atoms with van der Waals surface area (Å²) < 4.78 is 27.2. The summed E-state index contributed by atoms with van der Waals surface area (Å²) in [6.07, 6.45) is 4.79. The highest BCUT2D eigenvalue weighted by molar-refractivity contribution is 7.89. The number of carbonyl (C=O) groups excluding carboxylic acids is 1. The van der Waals surface area contributed by atoms with Gasteiger partial charge in [-0.2, -0.15) is 0 Å². The van der Waals surface area contributed by atoms with E-state index < -0.39 is 10.0 Å². The second kappa shape index (κ2) is 10.2. The van der Waals surface area contributed by atoms with Gasteiger partial charge in [-0.1, -0.05) is 18.6 Å². The highest BCUT2D eigenvalue weighted by atomic mass is 32.2. The zero-order valence-corrected chi connectivity index (χ0v) is 18.2. The molecular weight excluding hydrogens is 374 g/mol. The maximum atomic E-state index is 12.5. The predicted octanol–water partition coefficient (Wildman–Crippen LogP) is 2.92. The van der Waals surface area contributed by atoms with E-state index in [1.165, 1.54) is 17.7 Å². The molecule has 156 valence electrons. The van der Waals surface area contributed by atoms with E-state index in [9.17, 15) is 13.2 Å². The Morgan fingerprint density at radius 3 is 2.36 bits per heavy atom. The number of benzene rings is 1. The van der Waals surface area contributed by atoms with Gasteiger partial charge in [0.15, 0.2) is 0 Å². The van der Waals surface area contributed by atoms with Crippen molar-refractivity contribution >= 4 is 15.9 Å². The van der Waals surface area contributed by atoms with Gasteiger partial charge in [0.2, 0.25) is 10.0 Å². The Kier molecular flexibility index (Phi) is 8.22. The van der Waals surface area contributed by atoms with Crippen molar-refractivity contribution in [2.75, 3.05) is 19.6 Å². The van der Waals surface area contributed by atoms with Gasteiger partial charge in [0.05, 0.1) is 4.90 Å². The van der Waals surface area contributed by atoms with E-state index in [0.29, 0.717) is 12.0 Å². The zero-order valence-electron chi connectivity index (χ0n) is 17.4. The van der Waals surface area contributed by atoms with Crippen molar-refractivity contribution in [2.45, 2.75) is 63.9 Å². The highest BCUT2D eigenvalue weighted by Gasteiger charge is 2.21. The largest absolute Gasteiger partial charge is 0.349 e. The fourth-order valence-corrected chi connectivity index (χ4v) is 4.37. The highest BCUT2D eigenvalue weighted by Crippen LogP contribution is 2.14. The topological polar surface area (TPSA) is 78.5 Å². The van der Waals surface area contributed by atoms with Crippen LogP contribution in [0.5, 0.6) is 0 Å². The third-order valence-electron chi connectivity index (χ3n) is 5.08. The van der Waals surface area contributed by atoms with Gasteiger partial charge >= 0.3 is 0 Å². The van der Waals surface area contributed by atoms with Crippen LogP contribution < -0.4 is 10.0 Å². The van der Waals surface area contributed by atoms with E-state index in [1.54, 1.807) is 12.1 Å². The van der Waals surface area contributed by atoms with Crippen LogP contribution in [0, 0.1) is 0 Å². The number of carbonyl (C=O) groups is 1. The van der Waals surface area contributed by atoms with Gasteiger partial charge in [0.1, 0.15) is 0 Å². The smallest absolute Gasteiger partial charge is 0.251 e. The van der Waals surface area contributed by atoms with E-state index in [-0.39, 0.29) is 22.9 Å². The lowest BCUT2D eigenvalue weighted by molar-refractivity contribution is 0.0914. The average molecular weight is 408 g/mol. The molecule has 2 N–H and O–H groups in total. The third-order valence-corrected chi connectivity index (χ3v) is 6.68. The zero-order chi connectivity index (χ0) is 20.7. The molecular formula is C21H33N3O3S. The van der Waals surface area contributed by atoms with Crippen molar-refractivity contribution in [3.05, 3.63) is 41.5 Å². The molecule has 0 bridgehead atoms. The number of piperidine rings is 1. The number of likely N-dealkylation sites (tertiary alicyclic amines) is 1. The van der Waals surface area contributed by atoms with Crippen LogP contribution in [-0.4, -0.2) is 50.9 Å². The first kappa shape index (κ1) is 22.6. The van der Waals surface area contributed by atoms with E-state index in [0.717, 1.165) is 32.5 Å². The Morgan fingerprint density at radius 2 is 1.82 bits per heavy atom. The monoisotopic (exact) mass is 407 g/mol. The fourth-order valence-electron chi connectivity index (χ4n) is 3.04. The molecule has 1 atom stereocenters. The molecule has 1 saturated heterocycles. The predicted molar refractivity (Wildman–Crippen MR) is 113 cm³/mol. The lowest BCUT2D eigenvalue weighted by atomic mass is 10.0. The first-order chi connectivity index (χ1) is 13.2. The van der Waals surface area contributed by atoms with Crippen LogP contribution in [0.25, 0.3) is 0 Å². The second-order valence-electron chi connectivity index (χ2n) is 7.78. The molecule has 1 aromatic carbocycles. The number of hydrogen-bond donors (Lipinski definition) is 2. The van der Waals surface area contributed by atoms with Crippen molar-refractivity contribution in [2.24, 2.45) is 0 Å². The van der Waals surface area contributed by atoms with E-state index in [1.807, 2.05) is 13.8 Å². The van der Waals surface area contributed by atoms with Crippen molar-refractivity contribution in [1.82, 2.24) is 14.9 Å². The summed E-state index contributed by atoms with van der Waals surface area (Å²) in [5, 5.41) is 3.07. The van der Waals surface area contributed by atoms with Crippen LogP contribution >= 0.6 is 0 Å². The molecule has 28 heavy (non-hydrogen) atoms. The number of hydrogen-bond acceptors (Lipinski definition) is 4. The normalized spacial score (nSPS) is 17.1. The molecule has 2 rings (SSSR count). The Balaban J connectivity index is 1.89. The van der Waals surface area contributed by atoms with E-state index in [2.05, 4.69) is 34.9 Å². The minimum atomic E-state index is -3.55. The van der Waals surface area contributed by atoms with Crippen molar-refractivity contribution in [1.29, 1.82) is 0 Å². The van der Waals surface area contributed by atoms with Gasteiger partial charge < -0.3 is 5.32 Å². The summed E-state index contributed by atoms with van der Waals surface area (Å²) in [5.41, 5.74) is 1.80. The Labute approximate surface area is 169 Å². The van der Waals surface area contributed by atoms with Crippen LogP contribution in [-0.2, 0) is 10.0 Å². The molecule has 0 spiro atoms. The molecule has 0 radical (unpaired) electrons. The molecule has 1 aromatic rings.